The maximum absolute atomic E-state index is 5.96. The first-order valence-corrected chi connectivity index (χ1v) is 5.73. The van der Waals surface area contributed by atoms with E-state index >= 15 is 0 Å². The van der Waals surface area contributed by atoms with Gasteiger partial charge in [-0.1, -0.05) is 34.8 Å². The second kappa shape index (κ2) is 5.00. The van der Waals surface area contributed by atoms with Gasteiger partial charge < -0.3 is 10.5 Å². The zero-order valence-corrected chi connectivity index (χ0v) is 10.7. The number of nitrogens with two attached hydrogens (primary N) is 1. The number of hydrogen-bond donors (Lipinski definition) is 1. The number of benzene rings is 1. The van der Waals surface area contributed by atoms with Gasteiger partial charge in [0.1, 0.15) is 5.75 Å². The van der Waals surface area contributed by atoms with Crippen LogP contribution in [-0.2, 0) is 0 Å². The molecule has 0 saturated carbocycles. The molecule has 1 aromatic heterocycles. The number of hydrogen-bond acceptors (Lipinski definition) is 3. The molecule has 2 rings (SSSR count). The summed E-state index contributed by atoms with van der Waals surface area (Å²) in [7, 11) is 0. The molecule has 2 N–H and O–H groups in total. The van der Waals surface area contributed by atoms with Crippen molar-refractivity contribution in [2.45, 2.75) is 0 Å². The lowest BCUT2D eigenvalue weighted by Gasteiger charge is -2.08. The third kappa shape index (κ3) is 2.94. The largest absolute Gasteiger partial charge is 0.435 e. The van der Waals surface area contributed by atoms with Gasteiger partial charge in [-0.25, -0.2) is 4.98 Å². The van der Waals surface area contributed by atoms with Crippen molar-refractivity contribution in [2.24, 2.45) is 0 Å². The van der Waals surface area contributed by atoms with E-state index in [0.29, 0.717) is 26.5 Å². The number of nitrogen functional groups attached to an aromatic ring is 1. The smallest absolute Gasteiger partial charge is 0.242 e. The SMILES string of the molecule is Nc1cc(Cl)cnc1Oc1ccc(Cl)cc1Cl. The normalized spacial score (nSPS) is 10.3. The molecule has 0 atom stereocenters. The third-order valence-corrected chi connectivity index (χ3v) is 2.68. The van der Waals surface area contributed by atoms with Crippen molar-refractivity contribution in [2.75, 3.05) is 5.73 Å². The maximum Gasteiger partial charge on any atom is 0.242 e. The number of nitrogens with zero attached hydrogens (tertiary/aromatic N) is 1. The van der Waals surface area contributed by atoms with Gasteiger partial charge in [0, 0.05) is 11.2 Å². The van der Waals surface area contributed by atoms with E-state index in [0.717, 1.165) is 0 Å². The van der Waals surface area contributed by atoms with Gasteiger partial charge in [-0.05, 0) is 24.3 Å². The number of halogens is 3. The number of pyridine rings is 1. The van der Waals surface area contributed by atoms with Gasteiger partial charge in [-0.2, -0.15) is 0 Å². The fourth-order valence-electron chi connectivity index (χ4n) is 1.19. The van der Waals surface area contributed by atoms with Crippen LogP contribution in [0.3, 0.4) is 0 Å². The van der Waals surface area contributed by atoms with Crippen molar-refractivity contribution in [3.05, 3.63) is 45.5 Å². The molecule has 0 fully saturated rings. The highest BCUT2D eigenvalue weighted by atomic mass is 35.5. The van der Waals surface area contributed by atoms with Gasteiger partial charge in [0.25, 0.3) is 0 Å². The average Bonchev–Trinajstić information content (AvgIpc) is 2.25. The quantitative estimate of drug-likeness (QED) is 0.890. The summed E-state index contributed by atoms with van der Waals surface area (Å²) in [5.74, 6) is 0.677. The Balaban J connectivity index is 2.31. The Bertz CT molecular complexity index is 511. The number of rotatable bonds is 2. The molecule has 3 nitrogen and oxygen atoms in total. The average molecular weight is 290 g/mol. The van der Waals surface area contributed by atoms with Crippen LogP contribution in [0.15, 0.2) is 30.5 Å². The molecule has 1 heterocycles. The van der Waals surface area contributed by atoms with Crippen molar-refractivity contribution in [3.8, 4) is 11.6 Å². The molecule has 88 valence electrons. The Morgan fingerprint density at radius 2 is 1.82 bits per heavy atom. The minimum Gasteiger partial charge on any atom is -0.435 e. The molecule has 2 aromatic rings. The number of ether oxygens (including phenoxy) is 1. The summed E-state index contributed by atoms with van der Waals surface area (Å²) >= 11 is 17.5. The van der Waals surface area contributed by atoms with Crippen molar-refractivity contribution < 1.29 is 4.74 Å². The molecule has 6 heteroatoms. The predicted molar refractivity (Wildman–Crippen MR) is 70.2 cm³/mol. The summed E-state index contributed by atoms with van der Waals surface area (Å²) in [6.07, 6.45) is 1.44. The summed E-state index contributed by atoms with van der Waals surface area (Å²) in [6.45, 7) is 0. The molecule has 0 aliphatic rings. The van der Waals surface area contributed by atoms with Crippen LogP contribution < -0.4 is 10.5 Å². The van der Waals surface area contributed by atoms with Crippen LogP contribution in [0.5, 0.6) is 11.6 Å². The van der Waals surface area contributed by atoms with Crippen molar-refractivity contribution >= 4 is 40.5 Å². The lowest BCUT2D eigenvalue weighted by molar-refractivity contribution is 0.466. The molecule has 17 heavy (non-hydrogen) atoms. The van der Waals surface area contributed by atoms with Crippen molar-refractivity contribution in [1.29, 1.82) is 0 Å². The van der Waals surface area contributed by atoms with E-state index in [1.165, 1.54) is 6.20 Å². The Morgan fingerprint density at radius 3 is 2.47 bits per heavy atom. The van der Waals surface area contributed by atoms with E-state index in [-0.39, 0.29) is 5.88 Å². The first kappa shape index (κ1) is 12.3. The Morgan fingerprint density at radius 1 is 1.06 bits per heavy atom. The van der Waals surface area contributed by atoms with Crippen LogP contribution in [0.25, 0.3) is 0 Å². The lowest BCUT2D eigenvalue weighted by Crippen LogP contribution is -1.95. The molecular formula is C11H7Cl3N2O. The molecule has 0 bridgehead atoms. The van der Waals surface area contributed by atoms with Gasteiger partial charge in [0.15, 0.2) is 0 Å². The minimum atomic E-state index is 0.249. The van der Waals surface area contributed by atoms with E-state index < -0.39 is 0 Å². The van der Waals surface area contributed by atoms with Crippen LogP contribution in [0.1, 0.15) is 0 Å². The second-order valence-electron chi connectivity index (χ2n) is 3.22. The fourth-order valence-corrected chi connectivity index (χ4v) is 1.80. The Labute approximate surface area is 113 Å². The van der Waals surface area contributed by atoms with Crippen LogP contribution in [0.4, 0.5) is 5.69 Å². The summed E-state index contributed by atoms with van der Waals surface area (Å²) in [4.78, 5) is 3.97. The zero-order valence-electron chi connectivity index (χ0n) is 8.45. The van der Waals surface area contributed by atoms with Crippen molar-refractivity contribution in [3.63, 3.8) is 0 Å². The van der Waals surface area contributed by atoms with Gasteiger partial charge in [-0.3, -0.25) is 0 Å². The van der Waals surface area contributed by atoms with Crippen LogP contribution in [0, 0.1) is 0 Å². The van der Waals surface area contributed by atoms with E-state index in [9.17, 15) is 0 Å². The van der Waals surface area contributed by atoms with E-state index in [2.05, 4.69) is 4.98 Å². The van der Waals surface area contributed by atoms with Gasteiger partial charge in [0.05, 0.1) is 15.7 Å². The molecule has 0 saturated heterocycles. The number of aromatic nitrogens is 1. The molecule has 0 radical (unpaired) electrons. The zero-order chi connectivity index (χ0) is 12.4. The summed E-state index contributed by atoms with van der Waals surface area (Å²) in [5, 5.41) is 1.35. The highest BCUT2D eigenvalue weighted by Gasteiger charge is 2.08. The summed E-state index contributed by atoms with van der Waals surface area (Å²) in [5.41, 5.74) is 6.04. The molecule has 0 aliphatic heterocycles. The summed E-state index contributed by atoms with van der Waals surface area (Å²) < 4.78 is 5.46. The van der Waals surface area contributed by atoms with Crippen molar-refractivity contribution in [1.82, 2.24) is 4.98 Å². The monoisotopic (exact) mass is 288 g/mol. The minimum absolute atomic E-state index is 0.249. The first-order chi connectivity index (χ1) is 8.06. The Kier molecular flexibility index (Phi) is 3.62. The molecule has 0 spiro atoms. The first-order valence-electron chi connectivity index (χ1n) is 4.60. The topological polar surface area (TPSA) is 48.1 Å². The van der Waals surface area contributed by atoms with Gasteiger partial charge >= 0.3 is 0 Å². The second-order valence-corrected chi connectivity index (χ2v) is 4.50. The standard InChI is InChI=1S/C11H7Cl3N2O/c12-6-1-2-10(8(14)3-6)17-11-9(15)4-7(13)5-16-11/h1-5H,15H2. The van der Waals surface area contributed by atoms with Crippen LogP contribution in [0.2, 0.25) is 15.1 Å². The highest BCUT2D eigenvalue weighted by molar-refractivity contribution is 6.35. The third-order valence-electron chi connectivity index (χ3n) is 1.95. The van der Waals surface area contributed by atoms with Crippen LogP contribution in [-0.4, -0.2) is 4.98 Å². The molecule has 1 aromatic carbocycles. The Hall–Kier alpha value is -1.16. The molecule has 0 unspecified atom stereocenters. The van der Waals surface area contributed by atoms with E-state index in [4.69, 9.17) is 45.3 Å². The molecular weight excluding hydrogens is 282 g/mol. The fraction of sp³-hybridized carbons (Fsp3) is 0. The van der Waals surface area contributed by atoms with Gasteiger partial charge in [0.2, 0.25) is 5.88 Å². The van der Waals surface area contributed by atoms with E-state index in [1.807, 2.05) is 0 Å². The molecule has 0 aliphatic carbocycles. The number of anilines is 1. The van der Waals surface area contributed by atoms with Crippen LogP contribution >= 0.6 is 34.8 Å². The maximum atomic E-state index is 5.96. The van der Waals surface area contributed by atoms with Gasteiger partial charge in [-0.15, -0.1) is 0 Å². The highest BCUT2D eigenvalue weighted by Crippen LogP contribution is 2.33. The predicted octanol–water partition coefficient (Wildman–Crippen LogP) is 4.42. The lowest BCUT2D eigenvalue weighted by atomic mass is 10.3. The molecule has 0 amide bonds. The summed E-state index contributed by atoms with van der Waals surface area (Å²) in [6, 6.07) is 6.42. The van der Waals surface area contributed by atoms with E-state index in [1.54, 1.807) is 24.3 Å².